The fourth-order valence-corrected chi connectivity index (χ4v) is 1.29. The monoisotopic (exact) mass is 199 g/mol. The molecule has 0 spiro atoms. The highest BCUT2D eigenvalue weighted by atomic mass is 16.1. The first-order chi connectivity index (χ1) is 7.36. The van der Waals surface area contributed by atoms with Crippen LogP contribution in [-0.2, 0) is 0 Å². The number of hydrogen-bond acceptors (Lipinski definition) is 1. The first-order valence-electron chi connectivity index (χ1n) is 4.77. The van der Waals surface area contributed by atoms with E-state index in [2.05, 4.69) is 5.11 Å². The maximum atomic E-state index is 11.6. The van der Waals surface area contributed by atoms with Crippen LogP contribution in [0.4, 0.5) is 0 Å². The molecular formula is C12H11N2O+. The average molecular weight is 199 g/mol. The molecule has 3 heteroatoms. The van der Waals surface area contributed by atoms with E-state index in [1.54, 1.807) is 23.0 Å². The summed E-state index contributed by atoms with van der Waals surface area (Å²) in [5, 5.41) is 3.96. The Bertz CT molecular complexity index is 444. The summed E-state index contributed by atoms with van der Waals surface area (Å²) >= 11 is 0. The van der Waals surface area contributed by atoms with Gasteiger partial charge in [0.2, 0.25) is 0 Å². The summed E-state index contributed by atoms with van der Waals surface area (Å²) in [5.74, 6) is -0.212. The fraction of sp³-hybridized carbons (Fsp3) is 0.0833. The van der Waals surface area contributed by atoms with Gasteiger partial charge in [-0.1, -0.05) is 29.0 Å². The minimum atomic E-state index is -0.212. The van der Waals surface area contributed by atoms with Crippen molar-refractivity contribution in [2.45, 2.75) is 0 Å². The van der Waals surface area contributed by atoms with Crippen LogP contribution in [-0.4, -0.2) is 17.1 Å². The van der Waals surface area contributed by atoms with E-state index in [9.17, 15) is 4.79 Å². The first-order valence-corrected chi connectivity index (χ1v) is 4.77. The number of allylic oxidation sites excluding steroid dienone is 2. The van der Waals surface area contributed by atoms with Crippen molar-refractivity contribution in [2.75, 3.05) is 6.54 Å². The lowest BCUT2D eigenvalue weighted by atomic mass is 10.2. The van der Waals surface area contributed by atoms with E-state index in [0.717, 1.165) is 0 Å². The lowest BCUT2D eigenvalue weighted by Gasteiger charge is -1.94. The molecule has 0 radical (unpaired) electrons. The Morgan fingerprint density at radius 2 is 2.00 bits per heavy atom. The van der Waals surface area contributed by atoms with Crippen LogP contribution in [0.25, 0.3) is 0 Å². The van der Waals surface area contributed by atoms with Gasteiger partial charge in [0.25, 0.3) is 0 Å². The molecule has 0 fully saturated rings. The molecule has 0 atom stereocenters. The van der Waals surface area contributed by atoms with E-state index < -0.39 is 0 Å². The van der Waals surface area contributed by atoms with Gasteiger partial charge in [-0.05, 0) is 18.2 Å². The number of amides is 1. The fourth-order valence-electron chi connectivity index (χ4n) is 1.29. The number of rotatable bonds is 1. The number of hydrogen-bond donors (Lipinski definition) is 0. The Kier molecular flexibility index (Phi) is 2.83. The SMILES string of the molecule is O=C(N=[N+]1C=CC=CC1)c1ccccc1. The van der Waals surface area contributed by atoms with Gasteiger partial charge >= 0.3 is 5.91 Å². The number of azo groups is 2. The summed E-state index contributed by atoms with van der Waals surface area (Å²) < 4.78 is 1.62. The van der Waals surface area contributed by atoms with Crippen LogP contribution in [0.2, 0.25) is 0 Å². The number of carbonyl (C=O) groups excluding carboxylic acids is 1. The average Bonchev–Trinajstić information content (AvgIpc) is 2.31. The molecule has 1 aromatic rings. The summed E-state index contributed by atoms with van der Waals surface area (Å²) in [6.07, 6.45) is 7.51. The third kappa shape index (κ3) is 2.47. The summed E-state index contributed by atoms with van der Waals surface area (Å²) in [6.45, 7) is 0.648. The van der Waals surface area contributed by atoms with Gasteiger partial charge in [-0.3, -0.25) is 4.79 Å². The van der Waals surface area contributed by atoms with Crippen LogP contribution in [0.3, 0.4) is 0 Å². The zero-order valence-electron chi connectivity index (χ0n) is 8.21. The van der Waals surface area contributed by atoms with E-state index in [1.807, 2.05) is 36.4 Å². The van der Waals surface area contributed by atoms with Crippen LogP contribution in [0.15, 0.2) is 59.9 Å². The van der Waals surface area contributed by atoms with Crippen LogP contribution >= 0.6 is 0 Å². The molecule has 1 aromatic carbocycles. The third-order valence-electron chi connectivity index (χ3n) is 2.04. The third-order valence-corrected chi connectivity index (χ3v) is 2.04. The van der Waals surface area contributed by atoms with Crippen LogP contribution in [0.5, 0.6) is 0 Å². The molecule has 0 aliphatic carbocycles. The number of benzene rings is 1. The zero-order valence-corrected chi connectivity index (χ0v) is 8.21. The molecule has 3 nitrogen and oxygen atoms in total. The Morgan fingerprint density at radius 1 is 1.20 bits per heavy atom. The smallest absolute Gasteiger partial charge is 0.260 e. The highest BCUT2D eigenvalue weighted by molar-refractivity contribution is 5.94. The van der Waals surface area contributed by atoms with Gasteiger partial charge in [0.05, 0.1) is 0 Å². The molecule has 2 rings (SSSR count). The Morgan fingerprint density at radius 3 is 2.67 bits per heavy atom. The zero-order chi connectivity index (χ0) is 10.5. The minimum Gasteiger partial charge on any atom is -0.260 e. The highest BCUT2D eigenvalue weighted by Gasteiger charge is 2.10. The first kappa shape index (κ1) is 9.52. The Labute approximate surface area is 88.1 Å². The molecule has 1 aliphatic heterocycles. The summed E-state index contributed by atoms with van der Waals surface area (Å²) in [7, 11) is 0. The summed E-state index contributed by atoms with van der Waals surface area (Å²) in [6, 6.07) is 9.05. The molecule has 0 saturated heterocycles. The molecule has 1 aliphatic rings. The van der Waals surface area contributed by atoms with Crippen LogP contribution < -0.4 is 0 Å². The lowest BCUT2D eigenvalue weighted by Crippen LogP contribution is -2.08. The minimum absolute atomic E-state index is 0.212. The van der Waals surface area contributed by atoms with Crippen molar-refractivity contribution in [2.24, 2.45) is 5.11 Å². The molecule has 74 valence electrons. The summed E-state index contributed by atoms with van der Waals surface area (Å²) in [5.41, 5.74) is 0.612. The van der Waals surface area contributed by atoms with Gasteiger partial charge in [-0.25, -0.2) is 0 Å². The van der Waals surface area contributed by atoms with E-state index >= 15 is 0 Å². The molecule has 1 heterocycles. The van der Waals surface area contributed by atoms with Crippen molar-refractivity contribution >= 4 is 5.91 Å². The van der Waals surface area contributed by atoms with E-state index in [-0.39, 0.29) is 5.91 Å². The van der Waals surface area contributed by atoms with Crippen molar-refractivity contribution in [1.29, 1.82) is 0 Å². The summed E-state index contributed by atoms with van der Waals surface area (Å²) in [4.78, 5) is 11.6. The second-order valence-corrected chi connectivity index (χ2v) is 3.16. The van der Waals surface area contributed by atoms with Gasteiger partial charge in [-0.15, -0.1) is 0 Å². The Hall–Kier alpha value is -2.03. The molecule has 0 aromatic heterocycles. The second kappa shape index (κ2) is 4.46. The molecule has 15 heavy (non-hydrogen) atoms. The number of carbonyl (C=O) groups is 1. The second-order valence-electron chi connectivity index (χ2n) is 3.16. The largest absolute Gasteiger partial charge is 0.339 e. The molecule has 0 N–H and O–H groups in total. The van der Waals surface area contributed by atoms with E-state index in [0.29, 0.717) is 12.1 Å². The van der Waals surface area contributed by atoms with E-state index in [1.165, 1.54) is 0 Å². The van der Waals surface area contributed by atoms with Crippen molar-refractivity contribution in [1.82, 2.24) is 0 Å². The van der Waals surface area contributed by atoms with Gasteiger partial charge in [0.1, 0.15) is 0 Å². The number of nitrogens with zero attached hydrogens (tertiary/aromatic N) is 2. The standard InChI is InChI=1S/C12H11N2O/c15-12(11-7-3-1-4-8-11)13-14-9-5-2-6-10-14/h1-9H,10H2/q+1. The van der Waals surface area contributed by atoms with Crippen molar-refractivity contribution in [3.05, 3.63) is 60.3 Å². The maximum Gasteiger partial charge on any atom is 0.339 e. The van der Waals surface area contributed by atoms with Gasteiger partial charge in [0.15, 0.2) is 12.7 Å². The lowest BCUT2D eigenvalue weighted by molar-refractivity contribution is -0.513. The van der Waals surface area contributed by atoms with Crippen LogP contribution in [0, 0.1) is 0 Å². The molecule has 0 saturated carbocycles. The molecule has 0 unspecified atom stereocenters. The molecule has 0 bridgehead atoms. The normalized spacial score (nSPS) is 16.9. The maximum absolute atomic E-state index is 11.6. The predicted molar refractivity (Wildman–Crippen MR) is 56.6 cm³/mol. The topological polar surface area (TPSA) is 32.4 Å². The van der Waals surface area contributed by atoms with Gasteiger partial charge in [-0.2, -0.15) is 0 Å². The van der Waals surface area contributed by atoms with E-state index in [4.69, 9.17) is 0 Å². The van der Waals surface area contributed by atoms with Crippen LogP contribution in [0.1, 0.15) is 10.4 Å². The molecular weight excluding hydrogens is 188 g/mol. The Balaban J connectivity index is 2.17. The highest BCUT2D eigenvalue weighted by Crippen LogP contribution is 2.02. The van der Waals surface area contributed by atoms with Gasteiger partial charge in [0, 0.05) is 16.8 Å². The van der Waals surface area contributed by atoms with Crippen molar-refractivity contribution in [3.8, 4) is 0 Å². The van der Waals surface area contributed by atoms with Crippen molar-refractivity contribution in [3.63, 3.8) is 0 Å². The van der Waals surface area contributed by atoms with Gasteiger partial charge < -0.3 is 0 Å². The quantitative estimate of drug-likeness (QED) is 0.639. The predicted octanol–water partition coefficient (Wildman–Crippen LogP) is 2.38. The molecule has 1 amide bonds. The van der Waals surface area contributed by atoms with Crippen molar-refractivity contribution < 1.29 is 9.49 Å².